The van der Waals surface area contributed by atoms with Crippen LogP contribution < -0.4 is 5.73 Å². The van der Waals surface area contributed by atoms with Gasteiger partial charge in [-0.25, -0.2) is 13.4 Å². The molecule has 1 aromatic rings. The zero-order chi connectivity index (χ0) is 12.2. The summed E-state index contributed by atoms with van der Waals surface area (Å²) in [6.45, 7) is 2.60. The Morgan fingerprint density at radius 2 is 2.25 bits per heavy atom. The van der Waals surface area contributed by atoms with Gasteiger partial charge in [0.25, 0.3) is 0 Å². The first-order valence-electron chi connectivity index (χ1n) is 5.32. The lowest BCUT2D eigenvalue weighted by molar-refractivity contribution is 0.580. The van der Waals surface area contributed by atoms with Gasteiger partial charge in [-0.2, -0.15) is 0 Å². The maximum atomic E-state index is 11.0. The second kappa shape index (κ2) is 5.45. The Bertz CT molecular complexity index is 423. The average molecular weight is 245 g/mol. The summed E-state index contributed by atoms with van der Waals surface area (Å²) in [7, 11) is -2.87. The van der Waals surface area contributed by atoms with E-state index in [1.54, 1.807) is 6.20 Å². The maximum absolute atomic E-state index is 11.0. The van der Waals surface area contributed by atoms with Crippen LogP contribution in [-0.4, -0.2) is 36.0 Å². The minimum absolute atomic E-state index is 0.0658. The first kappa shape index (κ1) is 13.2. The van der Waals surface area contributed by atoms with Crippen molar-refractivity contribution in [2.75, 3.05) is 12.0 Å². The number of sulfone groups is 1. The summed E-state index contributed by atoms with van der Waals surface area (Å²) in [6.07, 6.45) is 6.16. The highest BCUT2D eigenvalue weighted by atomic mass is 32.2. The molecule has 0 amide bonds. The molecule has 0 saturated heterocycles. The molecule has 0 saturated carbocycles. The van der Waals surface area contributed by atoms with Crippen molar-refractivity contribution in [1.82, 2.24) is 9.55 Å². The molecule has 5 nitrogen and oxygen atoms in total. The van der Waals surface area contributed by atoms with Gasteiger partial charge < -0.3 is 10.3 Å². The van der Waals surface area contributed by atoms with Crippen LogP contribution >= 0.6 is 0 Å². The summed E-state index contributed by atoms with van der Waals surface area (Å²) in [4.78, 5) is 4.20. The highest BCUT2D eigenvalue weighted by Gasteiger charge is 2.07. The number of hydrogen-bond donors (Lipinski definition) is 1. The van der Waals surface area contributed by atoms with E-state index in [-0.39, 0.29) is 11.8 Å². The van der Waals surface area contributed by atoms with Crippen molar-refractivity contribution in [3.63, 3.8) is 0 Å². The fourth-order valence-corrected chi connectivity index (χ4v) is 2.17. The normalized spacial score (nSPS) is 13.9. The van der Waals surface area contributed by atoms with E-state index in [0.717, 1.165) is 5.82 Å². The molecule has 0 fully saturated rings. The molecule has 0 aliphatic rings. The highest BCUT2D eigenvalue weighted by Crippen LogP contribution is 2.03. The highest BCUT2D eigenvalue weighted by molar-refractivity contribution is 7.90. The van der Waals surface area contributed by atoms with E-state index in [1.165, 1.54) is 6.26 Å². The molecule has 2 N–H and O–H groups in total. The van der Waals surface area contributed by atoms with Gasteiger partial charge in [-0.1, -0.05) is 0 Å². The predicted octanol–water partition coefficient (Wildman–Crippen LogP) is 0.207. The second-order valence-corrected chi connectivity index (χ2v) is 6.46. The number of hydrogen-bond acceptors (Lipinski definition) is 4. The largest absolute Gasteiger partial charge is 0.335 e. The van der Waals surface area contributed by atoms with E-state index >= 15 is 0 Å². The van der Waals surface area contributed by atoms with Crippen molar-refractivity contribution in [3.05, 3.63) is 18.2 Å². The molecular formula is C10H19N3O2S. The third kappa shape index (κ3) is 4.76. The molecule has 1 unspecified atom stereocenters. The zero-order valence-corrected chi connectivity index (χ0v) is 10.6. The van der Waals surface area contributed by atoms with Gasteiger partial charge >= 0.3 is 0 Å². The van der Waals surface area contributed by atoms with E-state index in [2.05, 4.69) is 4.98 Å². The molecule has 0 spiro atoms. The van der Waals surface area contributed by atoms with Gasteiger partial charge in [0.05, 0.1) is 5.75 Å². The molecule has 1 rings (SSSR count). The van der Waals surface area contributed by atoms with Gasteiger partial charge in [0, 0.05) is 37.7 Å². The van der Waals surface area contributed by atoms with Crippen LogP contribution in [0.15, 0.2) is 12.4 Å². The van der Waals surface area contributed by atoms with Gasteiger partial charge in [-0.05, 0) is 13.3 Å². The lowest BCUT2D eigenvalue weighted by atomic mass is 10.2. The molecule has 0 aromatic carbocycles. The molecule has 6 heteroatoms. The number of aromatic nitrogens is 2. The summed E-state index contributed by atoms with van der Waals surface area (Å²) in [5, 5.41) is 0. The van der Waals surface area contributed by atoms with Crippen LogP contribution in [0.4, 0.5) is 0 Å². The van der Waals surface area contributed by atoms with Crippen LogP contribution in [0, 0.1) is 0 Å². The first-order chi connectivity index (χ1) is 7.38. The van der Waals surface area contributed by atoms with E-state index in [4.69, 9.17) is 5.73 Å². The molecule has 0 bridgehead atoms. The third-order valence-electron chi connectivity index (χ3n) is 2.22. The summed E-state index contributed by atoms with van der Waals surface area (Å²) in [6, 6.07) is 0.0658. The summed E-state index contributed by atoms with van der Waals surface area (Å²) in [5.74, 6) is 1.13. The zero-order valence-electron chi connectivity index (χ0n) is 9.76. The van der Waals surface area contributed by atoms with Crippen LogP contribution in [-0.2, 0) is 22.8 Å². The van der Waals surface area contributed by atoms with Crippen LogP contribution in [0.5, 0.6) is 0 Å². The maximum Gasteiger partial charge on any atom is 0.147 e. The molecular weight excluding hydrogens is 226 g/mol. The number of imidazole rings is 1. The summed E-state index contributed by atoms with van der Waals surface area (Å²) >= 11 is 0. The topological polar surface area (TPSA) is 78.0 Å². The van der Waals surface area contributed by atoms with Gasteiger partial charge in [0.1, 0.15) is 15.7 Å². The van der Waals surface area contributed by atoms with E-state index < -0.39 is 9.84 Å². The monoisotopic (exact) mass is 245 g/mol. The van der Waals surface area contributed by atoms with Crippen molar-refractivity contribution in [1.29, 1.82) is 0 Å². The third-order valence-corrected chi connectivity index (χ3v) is 3.25. The Morgan fingerprint density at radius 3 is 2.81 bits per heavy atom. The quantitative estimate of drug-likeness (QED) is 0.777. The van der Waals surface area contributed by atoms with Crippen LogP contribution in [0.2, 0.25) is 0 Å². The summed E-state index contributed by atoms with van der Waals surface area (Å²) < 4.78 is 23.9. The molecule has 0 aliphatic carbocycles. The number of aryl methyl sites for hydroxylation is 1. The smallest absolute Gasteiger partial charge is 0.147 e. The minimum atomic E-state index is -2.87. The minimum Gasteiger partial charge on any atom is -0.335 e. The molecule has 0 aliphatic heterocycles. The van der Waals surface area contributed by atoms with E-state index in [9.17, 15) is 8.42 Å². The molecule has 1 atom stereocenters. The fraction of sp³-hybridized carbons (Fsp3) is 0.700. The van der Waals surface area contributed by atoms with Crippen molar-refractivity contribution in [3.8, 4) is 0 Å². The Morgan fingerprint density at radius 1 is 1.56 bits per heavy atom. The van der Waals surface area contributed by atoms with Gasteiger partial charge in [-0.3, -0.25) is 0 Å². The second-order valence-electron chi connectivity index (χ2n) is 4.20. The predicted molar refractivity (Wildman–Crippen MR) is 63.9 cm³/mol. The molecule has 1 heterocycles. The standard InChI is InChI=1S/C10H19N3O2S/c1-9(11)8-10-12-4-6-13(10)5-3-7-16(2,14)15/h4,6,9H,3,5,7-8,11H2,1-2H3. The van der Waals surface area contributed by atoms with Gasteiger partial charge in [-0.15, -0.1) is 0 Å². The molecule has 0 radical (unpaired) electrons. The molecule has 16 heavy (non-hydrogen) atoms. The van der Waals surface area contributed by atoms with Crippen molar-refractivity contribution >= 4 is 9.84 Å². The SMILES string of the molecule is CC(N)Cc1nccn1CCCS(C)(=O)=O. The lowest BCUT2D eigenvalue weighted by Gasteiger charge is -2.09. The van der Waals surface area contributed by atoms with Crippen LogP contribution in [0.1, 0.15) is 19.2 Å². The van der Waals surface area contributed by atoms with Crippen molar-refractivity contribution < 1.29 is 8.42 Å². The van der Waals surface area contributed by atoms with Gasteiger partial charge in [0.15, 0.2) is 0 Å². The fourth-order valence-electron chi connectivity index (χ4n) is 1.52. The summed E-state index contributed by atoms with van der Waals surface area (Å²) in [5.41, 5.74) is 5.70. The Hall–Kier alpha value is -0.880. The first-order valence-corrected chi connectivity index (χ1v) is 7.38. The van der Waals surface area contributed by atoms with Crippen LogP contribution in [0.25, 0.3) is 0 Å². The number of rotatable bonds is 6. The molecule has 92 valence electrons. The number of nitrogens with zero attached hydrogens (tertiary/aromatic N) is 2. The van der Waals surface area contributed by atoms with E-state index in [1.807, 2.05) is 17.7 Å². The van der Waals surface area contributed by atoms with E-state index in [0.29, 0.717) is 19.4 Å². The Kier molecular flexibility index (Phi) is 4.49. The van der Waals surface area contributed by atoms with Gasteiger partial charge in [0.2, 0.25) is 0 Å². The van der Waals surface area contributed by atoms with Crippen molar-refractivity contribution in [2.24, 2.45) is 5.73 Å². The average Bonchev–Trinajstić information content (AvgIpc) is 2.49. The lowest BCUT2D eigenvalue weighted by Crippen LogP contribution is -2.21. The van der Waals surface area contributed by atoms with Crippen molar-refractivity contribution in [2.45, 2.75) is 32.4 Å². The Balaban J connectivity index is 2.51. The Labute approximate surface area is 96.6 Å². The number of nitrogens with two attached hydrogens (primary N) is 1. The van der Waals surface area contributed by atoms with Crippen LogP contribution in [0.3, 0.4) is 0 Å². The molecule has 1 aromatic heterocycles.